The number of rotatable bonds is 3. The van der Waals surface area contributed by atoms with E-state index in [-0.39, 0.29) is 6.04 Å². The van der Waals surface area contributed by atoms with E-state index in [4.69, 9.17) is 0 Å². The maximum absolute atomic E-state index is 10.2. The molecule has 64 valence electrons. The van der Waals surface area contributed by atoms with Gasteiger partial charge in [0.15, 0.2) is 0 Å². The zero-order chi connectivity index (χ0) is 8.97. The molecule has 1 N–H and O–H groups in total. The molecule has 1 amide bonds. The third-order valence-electron chi connectivity index (χ3n) is 1.97. The second-order valence-electron chi connectivity index (χ2n) is 2.86. The van der Waals surface area contributed by atoms with Gasteiger partial charge in [-0.2, -0.15) is 0 Å². The summed E-state index contributed by atoms with van der Waals surface area (Å²) in [6.07, 6.45) is 0.733. The Bertz CT molecular complexity index is 270. The summed E-state index contributed by atoms with van der Waals surface area (Å²) in [6.45, 7) is 4.01. The van der Waals surface area contributed by atoms with Gasteiger partial charge in [0.25, 0.3) is 0 Å². The van der Waals surface area contributed by atoms with Gasteiger partial charge in [-0.25, -0.2) is 0 Å². The molecular weight excluding hydrogens is 150 g/mol. The highest BCUT2D eigenvalue weighted by molar-refractivity contribution is 5.48. The highest BCUT2D eigenvalue weighted by atomic mass is 16.1. The third-order valence-corrected chi connectivity index (χ3v) is 1.97. The first-order valence-electron chi connectivity index (χ1n) is 4.01. The second kappa shape index (κ2) is 3.90. The van der Waals surface area contributed by atoms with Gasteiger partial charge in [-0.1, -0.05) is 24.3 Å². The number of hydrogen-bond acceptors (Lipinski definition) is 1. The quantitative estimate of drug-likeness (QED) is 0.676. The molecule has 1 aromatic carbocycles. The Morgan fingerprint density at radius 2 is 2.08 bits per heavy atom. The lowest BCUT2D eigenvalue weighted by molar-refractivity contribution is -0.110. The Labute approximate surface area is 72.6 Å². The van der Waals surface area contributed by atoms with Crippen LogP contribution in [0, 0.1) is 6.92 Å². The van der Waals surface area contributed by atoms with Crippen molar-refractivity contribution in [2.24, 2.45) is 0 Å². The van der Waals surface area contributed by atoms with Gasteiger partial charge in [0.1, 0.15) is 0 Å². The summed E-state index contributed by atoms with van der Waals surface area (Å²) in [5, 5.41) is 2.72. The molecule has 12 heavy (non-hydrogen) atoms. The van der Waals surface area contributed by atoms with E-state index in [0.29, 0.717) is 0 Å². The first-order chi connectivity index (χ1) is 5.75. The minimum absolute atomic E-state index is 0.101. The first-order valence-corrected chi connectivity index (χ1v) is 4.01. The van der Waals surface area contributed by atoms with Crippen molar-refractivity contribution in [3.63, 3.8) is 0 Å². The Morgan fingerprint density at radius 1 is 1.42 bits per heavy atom. The van der Waals surface area contributed by atoms with Gasteiger partial charge in [0, 0.05) is 0 Å². The molecule has 0 bridgehead atoms. The summed E-state index contributed by atoms with van der Waals surface area (Å²) in [6, 6.07) is 8.13. The van der Waals surface area contributed by atoms with Gasteiger partial charge in [0.2, 0.25) is 6.41 Å². The molecular formula is C10H13NO. The van der Waals surface area contributed by atoms with Gasteiger partial charge in [-0.3, -0.25) is 4.79 Å². The lowest BCUT2D eigenvalue weighted by Gasteiger charge is -2.12. The standard InChI is InChI=1S/C10H13NO/c1-8-5-3-4-6-10(8)9(2)11-7-12/h3-7,9H,1-2H3,(H,11,12)/t9-/m1/s1. The number of amides is 1. The van der Waals surface area contributed by atoms with Crippen LogP contribution in [0.5, 0.6) is 0 Å². The maximum atomic E-state index is 10.2. The molecule has 1 atom stereocenters. The van der Waals surface area contributed by atoms with E-state index in [9.17, 15) is 4.79 Å². The third kappa shape index (κ3) is 1.84. The van der Waals surface area contributed by atoms with E-state index < -0.39 is 0 Å². The number of carbonyl (C=O) groups is 1. The van der Waals surface area contributed by atoms with E-state index in [2.05, 4.69) is 5.32 Å². The molecule has 0 heterocycles. The normalized spacial score (nSPS) is 12.2. The fourth-order valence-electron chi connectivity index (χ4n) is 1.26. The van der Waals surface area contributed by atoms with Crippen molar-refractivity contribution in [2.75, 3.05) is 0 Å². The zero-order valence-electron chi connectivity index (χ0n) is 7.37. The fraction of sp³-hybridized carbons (Fsp3) is 0.300. The van der Waals surface area contributed by atoms with Crippen LogP contribution in [0.25, 0.3) is 0 Å². The molecule has 0 aliphatic rings. The van der Waals surface area contributed by atoms with Crippen molar-refractivity contribution in [3.8, 4) is 0 Å². The van der Waals surface area contributed by atoms with Crippen LogP contribution in [0.15, 0.2) is 24.3 Å². The maximum Gasteiger partial charge on any atom is 0.207 e. The van der Waals surface area contributed by atoms with Crippen LogP contribution >= 0.6 is 0 Å². The lowest BCUT2D eigenvalue weighted by atomic mass is 10.0. The number of nitrogens with one attached hydrogen (secondary N) is 1. The van der Waals surface area contributed by atoms with Crippen molar-refractivity contribution in [3.05, 3.63) is 35.4 Å². The summed E-state index contributed by atoms with van der Waals surface area (Å²) in [7, 11) is 0. The number of benzene rings is 1. The second-order valence-corrected chi connectivity index (χ2v) is 2.86. The average Bonchev–Trinajstić information content (AvgIpc) is 2.05. The monoisotopic (exact) mass is 163 g/mol. The Morgan fingerprint density at radius 3 is 2.67 bits per heavy atom. The van der Waals surface area contributed by atoms with Crippen LogP contribution in [0.1, 0.15) is 24.1 Å². The molecule has 0 saturated heterocycles. The van der Waals surface area contributed by atoms with Crippen molar-refractivity contribution in [2.45, 2.75) is 19.9 Å². The molecule has 0 saturated carbocycles. The summed E-state index contributed by atoms with van der Waals surface area (Å²) in [5.41, 5.74) is 2.38. The van der Waals surface area contributed by atoms with E-state index >= 15 is 0 Å². The van der Waals surface area contributed by atoms with Crippen molar-refractivity contribution < 1.29 is 4.79 Å². The van der Waals surface area contributed by atoms with Gasteiger partial charge in [-0.05, 0) is 25.0 Å². The van der Waals surface area contributed by atoms with E-state index in [1.807, 2.05) is 38.1 Å². The molecule has 0 radical (unpaired) electrons. The Hall–Kier alpha value is -1.31. The van der Waals surface area contributed by atoms with Crippen LogP contribution < -0.4 is 5.32 Å². The van der Waals surface area contributed by atoms with Crippen molar-refractivity contribution >= 4 is 6.41 Å². The smallest absolute Gasteiger partial charge is 0.207 e. The van der Waals surface area contributed by atoms with E-state index in [1.54, 1.807) is 0 Å². The molecule has 1 aromatic rings. The number of aryl methyl sites for hydroxylation is 1. The first kappa shape index (κ1) is 8.78. The fourth-order valence-corrected chi connectivity index (χ4v) is 1.26. The van der Waals surface area contributed by atoms with Crippen LogP contribution in [0.3, 0.4) is 0 Å². The molecule has 2 heteroatoms. The average molecular weight is 163 g/mol. The van der Waals surface area contributed by atoms with Crippen LogP contribution in [-0.2, 0) is 4.79 Å². The molecule has 0 fully saturated rings. The van der Waals surface area contributed by atoms with E-state index in [1.165, 1.54) is 11.1 Å². The van der Waals surface area contributed by atoms with Crippen LogP contribution in [0.4, 0.5) is 0 Å². The molecule has 1 rings (SSSR count). The lowest BCUT2D eigenvalue weighted by Crippen LogP contribution is -2.16. The highest BCUT2D eigenvalue weighted by Gasteiger charge is 2.04. The molecule has 0 aliphatic carbocycles. The van der Waals surface area contributed by atoms with Crippen LogP contribution in [0.2, 0.25) is 0 Å². The van der Waals surface area contributed by atoms with Gasteiger partial charge in [0.05, 0.1) is 6.04 Å². The highest BCUT2D eigenvalue weighted by Crippen LogP contribution is 2.15. The number of carbonyl (C=O) groups excluding carboxylic acids is 1. The molecule has 0 spiro atoms. The van der Waals surface area contributed by atoms with Crippen molar-refractivity contribution in [1.82, 2.24) is 5.32 Å². The molecule has 0 unspecified atom stereocenters. The molecule has 0 aliphatic heterocycles. The molecule has 2 nitrogen and oxygen atoms in total. The van der Waals surface area contributed by atoms with Crippen LogP contribution in [-0.4, -0.2) is 6.41 Å². The minimum atomic E-state index is 0.101. The topological polar surface area (TPSA) is 29.1 Å². The predicted molar refractivity (Wildman–Crippen MR) is 48.8 cm³/mol. The number of hydrogen-bond donors (Lipinski definition) is 1. The zero-order valence-corrected chi connectivity index (χ0v) is 7.37. The van der Waals surface area contributed by atoms with Gasteiger partial charge >= 0.3 is 0 Å². The van der Waals surface area contributed by atoms with Gasteiger partial charge in [-0.15, -0.1) is 0 Å². The predicted octanol–water partition coefficient (Wildman–Crippen LogP) is 1.80. The van der Waals surface area contributed by atoms with Crippen molar-refractivity contribution in [1.29, 1.82) is 0 Å². The Balaban J connectivity index is 2.86. The van der Waals surface area contributed by atoms with Gasteiger partial charge < -0.3 is 5.32 Å². The minimum Gasteiger partial charge on any atom is -0.352 e. The molecule has 0 aromatic heterocycles. The Kier molecular flexibility index (Phi) is 2.86. The summed E-state index contributed by atoms with van der Waals surface area (Å²) in [4.78, 5) is 10.2. The summed E-state index contributed by atoms with van der Waals surface area (Å²) >= 11 is 0. The van der Waals surface area contributed by atoms with E-state index in [0.717, 1.165) is 6.41 Å². The SMILES string of the molecule is Cc1ccccc1[C@@H](C)NC=O. The summed E-state index contributed by atoms with van der Waals surface area (Å²) in [5.74, 6) is 0. The summed E-state index contributed by atoms with van der Waals surface area (Å²) < 4.78 is 0. The largest absolute Gasteiger partial charge is 0.352 e.